The van der Waals surface area contributed by atoms with Gasteiger partial charge in [0.25, 0.3) is 0 Å². The van der Waals surface area contributed by atoms with Crippen molar-refractivity contribution in [2.75, 3.05) is 38.2 Å². The Labute approximate surface area is 133 Å². The van der Waals surface area contributed by atoms with Crippen LogP contribution in [-0.2, 0) is 0 Å². The summed E-state index contributed by atoms with van der Waals surface area (Å²) in [5.74, 6) is 2.92. The zero-order chi connectivity index (χ0) is 14.9. The van der Waals surface area contributed by atoms with Crippen molar-refractivity contribution in [1.29, 1.82) is 0 Å². The average molecular weight is 305 g/mol. The van der Waals surface area contributed by atoms with Gasteiger partial charge in [0.15, 0.2) is 5.96 Å². The standard InChI is InChI=1S/C17H27N3S/c1-3-18-17(19-11-7-13-21-2)20-12-10-16(14-20)15-8-5-4-6-9-15/h4-6,8-9,16H,3,7,10-14H2,1-2H3,(H,18,19). The molecule has 0 aromatic heterocycles. The molecule has 1 fully saturated rings. The van der Waals surface area contributed by atoms with Crippen LogP contribution in [0.1, 0.15) is 31.2 Å². The van der Waals surface area contributed by atoms with E-state index in [-0.39, 0.29) is 0 Å². The Balaban J connectivity index is 1.92. The molecule has 1 aliphatic heterocycles. The number of hydrogen-bond acceptors (Lipinski definition) is 2. The number of likely N-dealkylation sites (tertiary alicyclic amines) is 1. The van der Waals surface area contributed by atoms with Crippen LogP contribution < -0.4 is 5.32 Å². The van der Waals surface area contributed by atoms with Crippen LogP contribution >= 0.6 is 11.8 Å². The summed E-state index contributed by atoms with van der Waals surface area (Å²) in [5.41, 5.74) is 1.46. The number of nitrogens with zero attached hydrogens (tertiary/aromatic N) is 2. The highest BCUT2D eigenvalue weighted by Gasteiger charge is 2.25. The van der Waals surface area contributed by atoms with Crippen molar-refractivity contribution >= 4 is 17.7 Å². The number of thioether (sulfide) groups is 1. The van der Waals surface area contributed by atoms with Crippen LogP contribution in [0.4, 0.5) is 0 Å². The lowest BCUT2D eigenvalue weighted by atomic mass is 9.99. The Morgan fingerprint density at radius 3 is 2.90 bits per heavy atom. The van der Waals surface area contributed by atoms with Crippen LogP contribution in [0.2, 0.25) is 0 Å². The first kappa shape index (κ1) is 16.2. The van der Waals surface area contributed by atoms with Gasteiger partial charge in [-0.2, -0.15) is 11.8 Å². The molecule has 1 N–H and O–H groups in total. The predicted molar refractivity (Wildman–Crippen MR) is 94.4 cm³/mol. The molecule has 1 heterocycles. The van der Waals surface area contributed by atoms with E-state index in [0.717, 1.165) is 38.6 Å². The average Bonchev–Trinajstić information content (AvgIpc) is 3.01. The van der Waals surface area contributed by atoms with Crippen molar-refractivity contribution in [2.45, 2.75) is 25.7 Å². The van der Waals surface area contributed by atoms with E-state index in [1.807, 2.05) is 11.8 Å². The quantitative estimate of drug-likeness (QED) is 0.497. The number of benzene rings is 1. The Morgan fingerprint density at radius 1 is 1.38 bits per heavy atom. The van der Waals surface area contributed by atoms with Crippen LogP contribution in [0.25, 0.3) is 0 Å². The Morgan fingerprint density at radius 2 is 2.19 bits per heavy atom. The molecule has 1 aliphatic rings. The second kappa shape index (κ2) is 8.98. The van der Waals surface area contributed by atoms with Gasteiger partial charge in [-0.3, -0.25) is 4.99 Å². The molecule has 0 spiro atoms. The first-order valence-corrected chi connectivity index (χ1v) is 9.31. The molecule has 0 amide bonds. The monoisotopic (exact) mass is 305 g/mol. The molecule has 0 bridgehead atoms. The van der Waals surface area contributed by atoms with Crippen molar-refractivity contribution in [3.63, 3.8) is 0 Å². The fraction of sp³-hybridized carbons (Fsp3) is 0.588. The molecule has 1 unspecified atom stereocenters. The molecule has 21 heavy (non-hydrogen) atoms. The van der Waals surface area contributed by atoms with Gasteiger partial charge in [-0.05, 0) is 37.3 Å². The lowest BCUT2D eigenvalue weighted by molar-refractivity contribution is 0.486. The second-order valence-electron chi connectivity index (χ2n) is 5.42. The first-order chi connectivity index (χ1) is 10.3. The maximum absolute atomic E-state index is 4.78. The van der Waals surface area contributed by atoms with Gasteiger partial charge in [0.1, 0.15) is 0 Å². The van der Waals surface area contributed by atoms with E-state index in [9.17, 15) is 0 Å². The summed E-state index contributed by atoms with van der Waals surface area (Å²) in [5, 5.41) is 3.44. The molecule has 1 aromatic rings. The fourth-order valence-corrected chi connectivity index (χ4v) is 3.19. The molecule has 0 saturated carbocycles. The maximum atomic E-state index is 4.78. The second-order valence-corrected chi connectivity index (χ2v) is 6.41. The maximum Gasteiger partial charge on any atom is 0.193 e. The summed E-state index contributed by atoms with van der Waals surface area (Å²) in [4.78, 5) is 7.20. The Bertz CT molecular complexity index is 433. The zero-order valence-electron chi connectivity index (χ0n) is 13.2. The van der Waals surface area contributed by atoms with E-state index in [1.165, 1.54) is 17.7 Å². The summed E-state index contributed by atoms with van der Waals surface area (Å²) < 4.78 is 0. The van der Waals surface area contributed by atoms with Gasteiger partial charge in [-0.1, -0.05) is 30.3 Å². The molecule has 4 heteroatoms. The highest BCUT2D eigenvalue weighted by Crippen LogP contribution is 2.26. The number of guanidine groups is 1. The summed E-state index contributed by atoms with van der Waals surface area (Å²) in [7, 11) is 0. The van der Waals surface area contributed by atoms with E-state index in [4.69, 9.17) is 4.99 Å². The third-order valence-electron chi connectivity index (χ3n) is 3.86. The lowest BCUT2D eigenvalue weighted by Gasteiger charge is -2.21. The fourth-order valence-electron chi connectivity index (χ4n) is 2.77. The summed E-state index contributed by atoms with van der Waals surface area (Å²) in [6, 6.07) is 10.9. The normalized spacial score (nSPS) is 19.0. The van der Waals surface area contributed by atoms with Crippen LogP contribution in [0, 0.1) is 0 Å². The van der Waals surface area contributed by atoms with Crippen molar-refractivity contribution in [3.05, 3.63) is 35.9 Å². The van der Waals surface area contributed by atoms with Crippen molar-refractivity contribution in [1.82, 2.24) is 10.2 Å². The van der Waals surface area contributed by atoms with Crippen molar-refractivity contribution in [2.24, 2.45) is 4.99 Å². The smallest absolute Gasteiger partial charge is 0.193 e. The third kappa shape index (κ3) is 4.95. The number of hydrogen-bond donors (Lipinski definition) is 1. The van der Waals surface area contributed by atoms with E-state index in [1.54, 1.807) is 0 Å². The third-order valence-corrected chi connectivity index (χ3v) is 4.56. The first-order valence-electron chi connectivity index (χ1n) is 7.92. The minimum atomic E-state index is 0.640. The highest BCUT2D eigenvalue weighted by atomic mass is 32.2. The van der Waals surface area contributed by atoms with Crippen LogP contribution in [0.15, 0.2) is 35.3 Å². The van der Waals surface area contributed by atoms with E-state index >= 15 is 0 Å². The van der Waals surface area contributed by atoms with Crippen LogP contribution in [0.3, 0.4) is 0 Å². The minimum Gasteiger partial charge on any atom is -0.357 e. The SMILES string of the molecule is CCNC(=NCCCSC)N1CCC(c2ccccc2)C1. The predicted octanol–water partition coefficient (Wildman–Crippen LogP) is 3.19. The molecular formula is C17H27N3S. The van der Waals surface area contributed by atoms with Gasteiger partial charge in [0.05, 0.1) is 0 Å². The molecule has 116 valence electrons. The lowest BCUT2D eigenvalue weighted by Crippen LogP contribution is -2.40. The molecule has 1 saturated heterocycles. The van der Waals surface area contributed by atoms with Gasteiger partial charge in [-0.25, -0.2) is 0 Å². The molecule has 1 aromatic carbocycles. The van der Waals surface area contributed by atoms with Crippen LogP contribution in [-0.4, -0.2) is 49.0 Å². The Kier molecular flexibility index (Phi) is 6.93. The summed E-state index contributed by atoms with van der Waals surface area (Å²) in [6.07, 6.45) is 4.53. The minimum absolute atomic E-state index is 0.640. The number of aliphatic imine (C=N–C) groups is 1. The highest BCUT2D eigenvalue weighted by molar-refractivity contribution is 7.98. The molecule has 3 nitrogen and oxygen atoms in total. The van der Waals surface area contributed by atoms with E-state index < -0.39 is 0 Å². The van der Waals surface area contributed by atoms with Gasteiger partial charge in [0, 0.05) is 32.1 Å². The molecule has 1 atom stereocenters. The number of rotatable bonds is 6. The molecule has 2 rings (SSSR count). The zero-order valence-corrected chi connectivity index (χ0v) is 14.0. The van der Waals surface area contributed by atoms with Crippen molar-refractivity contribution in [3.8, 4) is 0 Å². The van der Waals surface area contributed by atoms with Gasteiger partial charge in [-0.15, -0.1) is 0 Å². The van der Waals surface area contributed by atoms with Crippen molar-refractivity contribution < 1.29 is 0 Å². The van der Waals surface area contributed by atoms with Crippen LogP contribution in [0.5, 0.6) is 0 Å². The van der Waals surface area contributed by atoms with E-state index in [0.29, 0.717) is 5.92 Å². The number of nitrogens with one attached hydrogen (secondary N) is 1. The van der Waals surface area contributed by atoms with Gasteiger partial charge < -0.3 is 10.2 Å². The largest absolute Gasteiger partial charge is 0.357 e. The van der Waals surface area contributed by atoms with Gasteiger partial charge >= 0.3 is 0 Å². The van der Waals surface area contributed by atoms with E-state index in [2.05, 4.69) is 53.7 Å². The molecule has 0 aliphatic carbocycles. The Hall–Kier alpha value is -1.16. The summed E-state index contributed by atoms with van der Waals surface area (Å²) in [6.45, 7) is 6.19. The summed E-state index contributed by atoms with van der Waals surface area (Å²) >= 11 is 1.89. The molecular weight excluding hydrogens is 278 g/mol. The van der Waals surface area contributed by atoms with Gasteiger partial charge in [0.2, 0.25) is 0 Å². The molecule has 0 radical (unpaired) electrons. The topological polar surface area (TPSA) is 27.6 Å².